The molecule has 0 saturated carbocycles. The molecule has 2 aromatic carbocycles. The second-order valence-electron chi connectivity index (χ2n) is 5.24. The summed E-state index contributed by atoms with van der Waals surface area (Å²) in [6.45, 7) is 4.51. The van der Waals surface area contributed by atoms with E-state index in [1.807, 2.05) is 56.3 Å². The van der Waals surface area contributed by atoms with Gasteiger partial charge in [-0.15, -0.1) is 4.91 Å². The number of aromatic hydroxyl groups is 1. The molecular formula is C17H16N2O2. The molecule has 0 aliphatic rings. The highest BCUT2D eigenvalue weighted by molar-refractivity contribution is 5.97. The van der Waals surface area contributed by atoms with Gasteiger partial charge in [-0.3, -0.25) is 0 Å². The number of hydrogen-bond donors (Lipinski definition) is 1. The number of aryl methyl sites for hydroxylation is 2. The largest absolute Gasteiger partial charge is 0.493 e. The molecule has 0 amide bonds. The molecule has 3 rings (SSSR count). The minimum Gasteiger partial charge on any atom is -0.493 e. The van der Waals surface area contributed by atoms with Crippen molar-refractivity contribution in [2.75, 3.05) is 0 Å². The lowest BCUT2D eigenvalue weighted by molar-refractivity contribution is 0.430. The van der Waals surface area contributed by atoms with Gasteiger partial charge in [-0.1, -0.05) is 42.5 Å². The highest BCUT2D eigenvalue weighted by Gasteiger charge is 2.19. The maximum atomic E-state index is 11.1. The molecule has 0 saturated heterocycles. The van der Waals surface area contributed by atoms with Gasteiger partial charge < -0.3 is 9.67 Å². The van der Waals surface area contributed by atoms with Gasteiger partial charge in [0.2, 0.25) is 5.88 Å². The molecule has 21 heavy (non-hydrogen) atoms. The summed E-state index contributed by atoms with van der Waals surface area (Å²) in [7, 11) is 0. The number of aromatic nitrogens is 1. The standard InChI is InChI=1S/C17H16N2O2/c1-11-8-9-14-15(18-21)17(20)19(16(14)12(11)2)10-13-6-4-3-5-7-13/h3-9,20H,10H2,1-2H3. The number of nitrogens with zero attached hydrogens (tertiary/aromatic N) is 2. The second kappa shape index (κ2) is 5.05. The Labute approximate surface area is 122 Å². The minimum atomic E-state index is -0.0717. The molecule has 0 fully saturated rings. The highest BCUT2D eigenvalue weighted by atomic mass is 16.3. The van der Waals surface area contributed by atoms with Gasteiger partial charge in [-0.25, -0.2) is 0 Å². The van der Waals surface area contributed by atoms with E-state index in [0.29, 0.717) is 11.9 Å². The molecule has 1 aromatic heterocycles. The summed E-state index contributed by atoms with van der Waals surface area (Å²) >= 11 is 0. The first-order valence-corrected chi connectivity index (χ1v) is 6.82. The van der Waals surface area contributed by atoms with Crippen molar-refractivity contribution in [3.05, 3.63) is 64.1 Å². The van der Waals surface area contributed by atoms with Crippen molar-refractivity contribution in [1.82, 2.24) is 4.57 Å². The van der Waals surface area contributed by atoms with E-state index in [4.69, 9.17) is 0 Å². The monoisotopic (exact) mass is 280 g/mol. The lowest BCUT2D eigenvalue weighted by Gasteiger charge is -2.10. The summed E-state index contributed by atoms with van der Waals surface area (Å²) in [6, 6.07) is 13.6. The summed E-state index contributed by atoms with van der Waals surface area (Å²) in [5.74, 6) is -0.0717. The van der Waals surface area contributed by atoms with Gasteiger partial charge in [0, 0.05) is 5.39 Å². The number of nitroso groups, excluding NO2 is 1. The SMILES string of the molecule is Cc1ccc2c(N=O)c(O)n(Cc3ccccc3)c2c1C. The molecule has 0 aliphatic carbocycles. The van der Waals surface area contributed by atoms with Crippen LogP contribution in [0.4, 0.5) is 5.69 Å². The normalized spacial score (nSPS) is 11.0. The number of hydrogen-bond acceptors (Lipinski definition) is 3. The molecular weight excluding hydrogens is 264 g/mol. The van der Waals surface area contributed by atoms with Crippen LogP contribution in [0.2, 0.25) is 0 Å². The zero-order valence-electron chi connectivity index (χ0n) is 12.0. The Morgan fingerprint density at radius 2 is 1.81 bits per heavy atom. The van der Waals surface area contributed by atoms with Gasteiger partial charge in [0.1, 0.15) is 0 Å². The number of benzene rings is 2. The van der Waals surface area contributed by atoms with Crippen LogP contribution < -0.4 is 0 Å². The Morgan fingerprint density at radius 3 is 2.48 bits per heavy atom. The fourth-order valence-electron chi connectivity index (χ4n) is 2.70. The fraction of sp³-hybridized carbons (Fsp3) is 0.176. The summed E-state index contributed by atoms with van der Waals surface area (Å²) in [4.78, 5) is 11.1. The van der Waals surface area contributed by atoms with Crippen molar-refractivity contribution in [3.8, 4) is 5.88 Å². The zero-order valence-corrected chi connectivity index (χ0v) is 12.0. The van der Waals surface area contributed by atoms with Crippen LogP contribution in [0.15, 0.2) is 47.6 Å². The van der Waals surface area contributed by atoms with Crippen LogP contribution in [0, 0.1) is 18.8 Å². The molecule has 3 aromatic rings. The van der Waals surface area contributed by atoms with Crippen LogP contribution in [0.3, 0.4) is 0 Å². The third-order valence-electron chi connectivity index (χ3n) is 3.97. The summed E-state index contributed by atoms with van der Waals surface area (Å²) in [6.07, 6.45) is 0. The second-order valence-corrected chi connectivity index (χ2v) is 5.24. The van der Waals surface area contributed by atoms with E-state index < -0.39 is 0 Å². The zero-order chi connectivity index (χ0) is 15.0. The maximum Gasteiger partial charge on any atom is 0.222 e. The smallest absolute Gasteiger partial charge is 0.222 e. The molecule has 1 heterocycles. The molecule has 4 nitrogen and oxygen atoms in total. The fourth-order valence-corrected chi connectivity index (χ4v) is 2.70. The first kappa shape index (κ1) is 13.4. The Bertz CT molecular complexity index is 820. The highest BCUT2D eigenvalue weighted by Crippen LogP contribution is 2.40. The molecule has 1 N–H and O–H groups in total. The quantitative estimate of drug-likeness (QED) is 0.722. The Hall–Kier alpha value is -2.62. The summed E-state index contributed by atoms with van der Waals surface area (Å²) in [5.41, 5.74) is 4.21. The third kappa shape index (κ3) is 2.09. The van der Waals surface area contributed by atoms with E-state index in [0.717, 1.165) is 22.2 Å². The van der Waals surface area contributed by atoms with Crippen LogP contribution in [-0.4, -0.2) is 9.67 Å². The topological polar surface area (TPSA) is 54.6 Å². The van der Waals surface area contributed by atoms with Gasteiger partial charge in [-0.2, -0.15) is 0 Å². The predicted octanol–water partition coefficient (Wildman–Crippen LogP) is 4.41. The van der Waals surface area contributed by atoms with E-state index in [-0.39, 0.29) is 11.6 Å². The Kier molecular flexibility index (Phi) is 3.22. The molecule has 0 spiro atoms. The minimum absolute atomic E-state index is 0.0717. The third-order valence-corrected chi connectivity index (χ3v) is 3.97. The van der Waals surface area contributed by atoms with E-state index in [1.165, 1.54) is 0 Å². The van der Waals surface area contributed by atoms with Gasteiger partial charge in [0.05, 0.1) is 12.1 Å². The van der Waals surface area contributed by atoms with E-state index >= 15 is 0 Å². The van der Waals surface area contributed by atoms with Crippen LogP contribution in [0.1, 0.15) is 16.7 Å². The van der Waals surface area contributed by atoms with Crippen LogP contribution in [-0.2, 0) is 6.54 Å². The molecule has 0 bridgehead atoms. The maximum absolute atomic E-state index is 11.1. The van der Waals surface area contributed by atoms with Gasteiger partial charge in [0.15, 0.2) is 5.69 Å². The van der Waals surface area contributed by atoms with Crippen molar-refractivity contribution in [3.63, 3.8) is 0 Å². The van der Waals surface area contributed by atoms with Crippen molar-refractivity contribution in [2.24, 2.45) is 5.18 Å². The molecule has 0 aliphatic heterocycles. The molecule has 0 atom stereocenters. The Balaban J connectivity index is 2.28. The van der Waals surface area contributed by atoms with Crippen molar-refractivity contribution in [1.29, 1.82) is 0 Å². The first-order chi connectivity index (χ1) is 10.1. The van der Waals surface area contributed by atoms with Gasteiger partial charge >= 0.3 is 0 Å². The van der Waals surface area contributed by atoms with Crippen molar-refractivity contribution < 1.29 is 5.11 Å². The lowest BCUT2D eigenvalue weighted by atomic mass is 10.1. The number of rotatable bonds is 3. The average Bonchev–Trinajstić information content (AvgIpc) is 2.77. The lowest BCUT2D eigenvalue weighted by Crippen LogP contribution is -2.00. The molecule has 106 valence electrons. The summed E-state index contributed by atoms with van der Waals surface area (Å²) < 4.78 is 1.75. The van der Waals surface area contributed by atoms with Crippen LogP contribution >= 0.6 is 0 Å². The van der Waals surface area contributed by atoms with Crippen molar-refractivity contribution in [2.45, 2.75) is 20.4 Å². The van der Waals surface area contributed by atoms with Gasteiger partial charge in [0.25, 0.3) is 0 Å². The molecule has 0 radical (unpaired) electrons. The van der Waals surface area contributed by atoms with E-state index in [9.17, 15) is 10.0 Å². The first-order valence-electron chi connectivity index (χ1n) is 6.82. The average molecular weight is 280 g/mol. The van der Waals surface area contributed by atoms with E-state index in [2.05, 4.69) is 5.18 Å². The predicted molar refractivity (Wildman–Crippen MR) is 84.1 cm³/mol. The number of fused-ring (bicyclic) bond motifs is 1. The molecule has 0 unspecified atom stereocenters. The van der Waals surface area contributed by atoms with Gasteiger partial charge in [-0.05, 0) is 35.7 Å². The van der Waals surface area contributed by atoms with Crippen molar-refractivity contribution >= 4 is 16.6 Å². The van der Waals surface area contributed by atoms with E-state index in [1.54, 1.807) is 4.57 Å². The molecule has 4 heteroatoms. The van der Waals surface area contributed by atoms with Crippen LogP contribution in [0.25, 0.3) is 10.9 Å². The van der Waals surface area contributed by atoms with Crippen LogP contribution in [0.5, 0.6) is 5.88 Å². The summed E-state index contributed by atoms with van der Waals surface area (Å²) in [5, 5.41) is 14.1. The Morgan fingerprint density at radius 1 is 1.10 bits per heavy atom.